The van der Waals surface area contributed by atoms with Crippen molar-refractivity contribution in [2.45, 2.75) is 42.3 Å². The number of ether oxygens (including phenoxy) is 4. The van der Waals surface area contributed by atoms with Crippen LogP contribution < -0.4 is 10.1 Å². The van der Waals surface area contributed by atoms with E-state index in [0.29, 0.717) is 43.5 Å². The number of halogens is 1. The van der Waals surface area contributed by atoms with Crippen LogP contribution in [0.5, 0.6) is 5.75 Å². The normalized spacial score (nSPS) is 12.3. The molecule has 2 N–H and O–H groups in total. The fraction of sp³-hybridized carbons (Fsp3) is 0.387. The van der Waals surface area contributed by atoms with Crippen LogP contribution in [-0.2, 0) is 35.3 Å². The first-order valence-electron chi connectivity index (χ1n) is 13.8. The fourth-order valence-electron chi connectivity index (χ4n) is 3.97. The molecule has 3 rings (SSSR count). The molecular weight excluding hydrogens is 582 g/mol. The molecule has 0 spiro atoms. The average molecular weight is 620 g/mol. The van der Waals surface area contributed by atoms with Crippen LogP contribution in [0.25, 0.3) is 0 Å². The molecule has 0 saturated carbocycles. The van der Waals surface area contributed by atoms with Gasteiger partial charge in [0.2, 0.25) is 9.84 Å². The molecule has 0 heterocycles. The van der Waals surface area contributed by atoms with Crippen LogP contribution in [0, 0.1) is 0 Å². The van der Waals surface area contributed by atoms with E-state index in [9.17, 15) is 18.3 Å². The average Bonchev–Trinajstić information content (AvgIpc) is 3.00. The topological polar surface area (TPSA) is 120 Å². The second-order valence-electron chi connectivity index (χ2n) is 9.36. The lowest BCUT2D eigenvalue weighted by Crippen LogP contribution is -2.30. The first kappa shape index (κ1) is 33.5. The molecule has 9 nitrogen and oxygen atoms in total. The van der Waals surface area contributed by atoms with Crippen molar-refractivity contribution in [3.05, 3.63) is 88.9 Å². The van der Waals surface area contributed by atoms with E-state index in [-0.39, 0.29) is 29.6 Å². The summed E-state index contributed by atoms with van der Waals surface area (Å²) in [6.07, 6.45) is -0.552. The monoisotopic (exact) mass is 619 g/mol. The van der Waals surface area contributed by atoms with Gasteiger partial charge in [-0.25, -0.2) is 13.2 Å². The Morgan fingerprint density at radius 3 is 2.14 bits per heavy atom. The minimum Gasteiger partial charge on any atom is -0.482 e. The van der Waals surface area contributed by atoms with E-state index in [1.165, 1.54) is 24.3 Å². The summed E-state index contributed by atoms with van der Waals surface area (Å²) in [5.74, 6) is -0.246. The Morgan fingerprint density at radius 2 is 1.55 bits per heavy atom. The van der Waals surface area contributed by atoms with Gasteiger partial charge in [0.25, 0.3) is 0 Å². The van der Waals surface area contributed by atoms with Crippen molar-refractivity contribution >= 4 is 27.4 Å². The molecule has 0 fully saturated rings. The highest BCUT2D eigenvalue weighted by Gasteiger charge is 2.19. The third-order valence-electron chi connectivity index (χ3n) is 6.20. The third kappa shape index (κ3) is 10.7. The van der Waals surface area contributed by atoms with Crippen molar-refractivity contribution in [1.82, 2.24) is 5.32 Å². The van der Waals surface area contributed by atoms with Crippen LogP contribution >= 0.6 is 11.6 Å². The molecule has 0 aliphatic heterocycles. The SMILES string of the molecule is CCOCC(COCC)OC(=O)COc1ccc(S(=O)(=O)c2ccc(CCNC[C@H](O)c3cccc(Cl)c3)cc2)cc1. The molecule has 0 aliphatic rings. The Kier molecular flexibility index (Phi) is 13.7. The standard InChI is InChI=1S/C31H38ClNO8S/c1-3-38-20-27(21-39-4-2)41-31(35)22-40-26-10-14-29(15-11-26)42(36,37)28-12-8-23(9-13-28)16-17-33-19-30(34)24-6-5-7-25(32)18-24/h5-15,18,27,30,33-34H,3-4,16-17,19-22H2,1-2H3/t30-/m0/s1. The zero-order valence-corrected chi connectivity index (χ0v) is 25.4. The van der Waals surface area contributed by atoms with Gasteiger partial charge in [-0.15, -0.1) is 0 Å². The largest absolute Gasteiger partial charge is 0.482 e. The molecule has 1 atom stereocenters. The lowest BCUT2D eigenvalue weighted by Gasteiger charge is -2.17. The lowest BCUT2D eigenvalue weighted by atomic mass is 10.1. The quantitative estimate of drug-likeness (QED) is 0.158. The molecule has 11 heteroatoms. The maximum Gasteiger partial charge on any atom is 0.344 e. The van der Waals surface area contributed by atoms with Crippen LogP contribution in [0.2, 0.25) is 5.02 Å². The second-order valence-corrected chi connectivity index (χ2v) is 11.7. The van der Waals surface area contributed by atoms with E-state index in [4.69, 9.17) is 30.5 Å². The van der Waals surface area contributed by atoms with E-state index in [0.717, 1.165) is 11.1 Å². The molecule has 228 valence electrons. The van der Waals surface area contributed by atoms with E-state index >= 15 is 0 Å². The van der Waals surface area contributed by atoms with Crippen LogP contribution in [0.4, 0.5) is 0 Å². The molecule has 0 aromatic heterocycles. The summed E-state index contributed by atoms with van der Waals surface area (Å²) in [4.78, 5) is 12.5. The highest BCUT2D eigenvalue weighted by Crippen LogP contribution is 2.24. The van der Waals surface area contributed by atoms with Gasteiger partial charge in [0.1, 0.15) is 11.9 Å². The third-order valence-corrected chi connectivity index (χ3v) is 8.22. The molecule has 42 heavy (non-hydrogen) atoms. The van der Waals surface area contributed by atoms with Crippen molar-refractivity contribution in [1.29, 1.82) is 0 Å². The highest BCUT2D eigenvalue weighted by atomic mass is 35.5. The molecule has 3 aromatic rings. The number of hydrogen-bond donors (Lipinski definition) is 2. The number of rotatable bonds is 18. The molecule has 3 aromatic carbocycles. The summed E-state index contributed by atoms with van der Waals surface area (Å²) in [6, 6.07) is 19.7. The zero-order chi connectivity index (χ0) is 30.4. The lowest BCUT2D eigenvalue weighted by molar-refractivity contribution is -0.158. The van der Waals surface area contributed by atoms with Crippen LogP contribution in [0.15, 0.2) is 82.6 Å². The summed E-state index contributed by atoms with van der Waals surface area (Å²) in [6.45, 7) is 5.77. The van der Waals surface area contributed by atoms with Gasteiger partial charge in [-0.05, 0) is 86.5 Å². The first-order chi connectivity index (χ1) is 20.2. The van der Waals surface area contributed by atoms with Gasteiger partial charge in [0, 0.05) is 24.8 Å². The van der Waals surface area contributed by atoms with E-state index in [2.05, 4.69) is 5.32 Å². The van der Waals surface area contributed by atoms with Crippen LogP contribution in [0.1, 0.15) is 31.1 Å². The van der Waals surface area contributed by atoms with Crippen molar-refractivity contribution in [3.63, 3.8) is 0 Å². The van der Waals surface area contributed by atoms with Crippen molar-refractivity contribution < 1.29 is 37.3 Å². The number of hydrogen-bond acceptors (Lipinski definition) is 9. The Hall–Kier alpha value is -2.99. The van der Waals surface area contributed by atoms with Crippen molar-refractivity contribution in [2.75, 3.05) is 46.1 Å². The second kappa shape index (κ2) is 17.2. The molecule has 0 amide bonds. The summed E-state index contributed by atoms with van der Waals surface area (Å²) in [7, 11) is -3.74. The van der Waals surface area contributed by atoms with Gasteiger partial charge in [-0.1, -0.05) is 35.9 Å². The Bertz CT molecular complexity index is 1340. The number of nitrogens with one attached hydrogen (secondary N) is 1. The van der Waals surface area contributed by atoms with Gasteiger partial charge in [-0.3, -0.25) is 0 Å². The molecule has 0 bridgehead atoms. The van der Waals surface area contributed by atoms with Crippen molar-refractivity contribution in [2.24, 2.45) is 0 Å². The van der Waals surface area contributed by atoms with Crippen LogP contribution in [0.3, 0.4) is 0 Å². The van der Waals surface area contributed by atoms with Crippen LogP contribution in [-0.4, -0.2) is 71.7 Å². The molecule has 0 saturated heterocycles. The highest BCUT2D eigenvalue weighted by molar-refractivity contribution is 7.91. The summed E-state index contributed by atoms with van der Waals surface area (Å²) in [5, 5.41) is 14.1. The number of aliphatic hydroxyl groups is 1. The number of sulfone groups is 1. The van der Waals surface area contributed by atoms with E-state index in [1.54, 1.807) is 42.5 Å². The molecular formula is C31H38ClNO8S. The minimum absolute atomic E-state index is 0.107. The van der Waals surface area contributed by atoms with Gasteiger partial charge in [0.05, 0.1) is 29.1 Å². The molecule has 0 radical (unpaired) electrons. The summed E-state index contributed by atoms with van der Waals surface area (Å²) < 4.78 is 47.7. The predicted molar refractivity (Wildman–Crippen MR) is 160 cm³/mol. The maximum absolute atomic E-state index is 13.1. The Labute approximate surface area is 252 Å². The molecule has 0 aliphatic carbocycles. The fourth-order valence-corrected chi connectivity index (χ4v) is 5.43. The smallest absolute Gasteiger partial charge is 0.344 e. The molecule has 0 unspecified atom stereocenters. The van der Waals surface area contributed by atoms with Gasteiger partial charge in [0.15, 0.2) is 6.61 Å². The summed E-state index contributed by atoms with van der Waals surface area (Å²) >= 11 is 5.98. The van der Waals surface area contributed by atoms with E-state index in [1.807, 2.05) is 19.9 Å². The Morgan fingerprint density at radius 1 is 0.929 bits per heavy atom. The Balaban J connectivity index is 1.47. The number of carbonyl (C=O) groups is 1. The first-order valence-corrected chi connectivity index (χ1v) is 15.6. The number of carbonyl (C=O) groups excluding carboxylic acids is 1. The van der Waals surface area contributed by atoms with Gasteiger partial charge >= 0.3 is 5.97 Å². The number of esters is 1. The maximum atomic E-state index is 13.1. The number of aliphatic hydroxyl groups excluding tert-OH is 1. The zero-order valence-electron chi connectivity index (χ0n) is 23.8. The summed E-state index contributed by atoms with van der Waals surface area (Å²) in [5.41, 5.74) is 1.70. The van der Waals surface area contributed by atoms with E-state index < -0.39 is 28.0 Å². The predicted octanol–water partition coefficient (Wildman–Crippen LogP) is 4.40. The number of benzene rings is 3. The van der Waals surface area contributed by atoms with Gasteiger partial charge < -0.3 is 29.4 Å². The minimum atomic E-state index is -3.74. The van der Waals surface area contributed by atoms with Crippen molar-refractivity contribution in [3.8, 4) is 5.75 Å². The van der Waals surface area contributed by atoms with Gasteiger partial charge in [-0.2, -0.15) is 0 Å².